The Bertz CT molecular complexity index is 549. The summed E-state index contributed by atoms with van der Waals surface area (Å²) in [4.78, 5) is 25.5. The highest BCUT2D eigenvalue weighted by Crippen LogP contribution is 2.09. The number of hydrogen-bond donors (Lipinski definition) is 2. The normalized spacial score (nSPS) is 12.3. The standard InChI is InChI=1S/C18H28FN3O2/c1-13(2)8-9-14(3)20-17(23)11-22(4)12-18(24)21-16-7-5-6-15(19)10-16/h5-7,10,13-14H,8-9,11-12H2,1-4H3,(H,20,23)(H,21,24)/t14-/m0/s1. The van der Waals surface area contributed by atoms with Crippen LogP contribution in [0.1, 0.15) is 33.6 Å². The summed E-state index contributed by atoms with van der Waals surface area (Å²) in [5.74, 6) is -0.189. The van der Waals surface area contributed by atoms with Crippen LogP contribution in [0.5, 0.6) is 0 Å². The summed E-state index contributed by atoms with van der Waals surface area (Å²) in [6.07, 6.45) is 2.00. The maximum absolute atomic E-state index is 13.1. The Balaban J connectivity index is 2.32. The Morgan fingerprint density at radius 1 is 1.12 bits per heavy atom. The minimum atomic E-state index is -0.407. The lowest BCUT2D eigenvalue weighted by atomic mass is 10.0. The van der Waals surface area contributed by atoms with E-state index in [1.165, 1.54) is 18.2 Å². The molecule has 0 saturated heterocycles. The number of likely N-dealkylation sites (N-methyl/N-ethyl adjacent to an activating group) is 1. The molecular weight excluding hydrogens is 309 g/mol. The Labute approximate surface area is 143 Å². The Hall–Kier alpha value is -1.95. The van der Waals surface area contributed by atoms with Gasteiger partial charge >= 0.3 is 0 Å². The topological polar surface area (TPSA) is 61.4 Å². The molecule has 134 valence electrons. The molecule has 0 aliphatic rings. The summed E-state index contributed by atoms with van der Waals surface area (Å²) in [5, 5.41) is 5.54. The number of carbonyl (C=O) groups is 2. The third-order valence-corrected chi connectivity index (χ3v) is 3.52. The molecule has 2 N–H and O–H groups in total. The van der Waals surface area contributed by atoms with Crippen molar-refractivity contribution in [2.24, 2.45) is 5.92 Å². The lowest BCUT2D eigenvalue weighted by molar-refractivity contribution is -0.123. The predicted molar refractivity (Wildman–Crippen MR) is 94.2 cm³/mol. The molecule has 5 nitrogen and oxygen atoms in total. The van der Waals surface area contributed by atoms with E-state index < -0.39 is 5.82 Å². The van der Waals surface area contributed by atoms with Crippen molar-refractivity contribution in [1.29, 1.82) is 0 Å². The molecule has 1 rings (SSSR count). The first-order valence-corrected chi connectivity index (χ1v) is 8.29. The van der Waals surface area contributed by atoms with Crippen molar-refractivity contribution in [2.75, 3.05) is 25.5 Å². The minimum Gasteiger partial charge on any atom is -0.353 e. The zero-order valence-electron chi connectivity index (χ0n) is 14.9. The number of halogens is 1. The average molecular weight is 337 g/mol. The number of benzene rings is 1. The van der Waals surface area contributed by atoms with Crippen LogP contribution in [-0.2, 0) is 9.59 Å². The maximum atomic E-state index is 13.1. The van der Waals surface area contributed by atoms with Gasteiger partial charge in [-0.15, -0.1) is 0 Å². The van der Waals surface area contributed by atoms with Crippen LogP contribution >= 0.6 is 0 Å². The molecule has 0 unspecified atom stereocenters. The molecule has 1 atom stereocenters. The van der Waals surface area contributed by atoms with Crippen LogP contribution in [0.15, 0.2) is 24.3 Å². The van der Waals surface area contributed by atoms with Crippen LogP contribution in [0.25, 0.3) is 0 Å². The molecule has 0 fully saturated rings. The van der Waals surface area contributed by atoms with Gasteiger partial charge in [-0.3, -0.25) is 14.5 Å². The Morgan fingerprint density at radius 3 is 2.42 bits per heavy atom. The van der Waals surface area contributed by atoms with Gasteiger partial charge in [0.1, 0.15) is 5.82 Å². The highest BCUT2D eigenvalue weighted by atomic mass is 19.1. The highest BCUT2D eigenvalue weighted by Gasteiger charge is 2.13. The van der Waals surface area contributed by atoms with Crippen LogP contribution in [-0.4, -0.2) is 42.9 Å². The van der Waals surface area contributed by atoms with Gasteiger partial charge in [0.15, 0.2) is 0 Å². The molecular formula is C18H28FN3O2. The van der Waals surface area contributed by atoms with E-state index in [1.807, 2.05) is 6.92 Å². The van der Waals surface area contributed by atoms with E-state index in [9.17, 15) is 14.0 Å². The highest BCUT2D eigenvalue weighted by molar-refractivity contribution is 5.92. The van der Waals surface area contributed by atoms with E-state index in [4.69, 9.17) is 0 Å². The van der Waals surface area contributed by atoms with E-state index in [2.05, 4.69) is 24.5 Å². The molecule has 0 radical (unpaired) electrons. The van der Waals surface area contributed by atoms with Crippen LogP contribution in [0, 0.1) is 11.7 Å². The second-order valence-electron chi connectivity index (χ2n) is 6.67. The van der Waals surface area contributed by atoms with Gasteiger partial charge in [-0.05, 0) is 50.9 Å². The smallest absolute Gasteiger partial charge is 0.238 e. The minimum absolute atomic E-state index is 0.0598. The lowest BCUT2D eigenvalue weighted by Gasteiger charge is -2.19. The van der Waals surface area contributed by atoms with Crippen molar-refractivity contribution in [2.45, 2.75) is 39.7 Å². The first-order chi connectivity index (χ1) is 11.3. The van der Waals surface area contributed by atoms with Crippen LogP contribution in [0.4, 0.5) is 10.1 Å². The Morgan fingerprint density at radius 2 is 1.79 bits per heavy atom. The van der Waals surface area contributed by atoms with Crippen molar-refractivity contribution < 1.29 is 14.0 Å². The van der Waals surface area contributed by atoms with Crippen LogP contribution in [0.3, 0.4) is 0 Å². The summed E-state index contributed by atoms with van der Waals surface area (Å²) in [6, 6.07) is 5.83. The number of nitrogens with one attached hydrogen (secondary N) is 2. The van der Waals surface area contributed by atoms with Crippen LogP contribution < -0.4 is 10.6 Å². The van der Waals surface area contributed by atoms with E-state index in [0.717, 1.165) is 12.8 Å². The maximum Gasteiger partial charge on any atom is 0.238 e. The van der Waals surface area contributed by atoms with E-state index in [-0.39, 0.29) is 30.9 Å². The molecule has 0 aliphatic heterocycles. The summed E-state index contributed by atoms with van der Waals surface area (Å²) in [7, 11) is 1.70. The van der Waals surface area contributed by atoms with Gasteiger partial charge in [0.2, 0.25) is 11.8 Å². The van der Waals surface area contributed by atoms with Crippen molar-refractivity contribution >= 4 is 17.5 Å². The summed E-state index contributed by atoms with van der Waals surface area (Å²) >= 11 is 0. The number of rotatable bonds is 9. The molecule has 0 bridgehead atoms. The molecule has 2 amide bonds. The fourth-order valence-corrected chi connectivity index (χ4v) is 2.29. The zero-order chi connectivity index (χ0) is 18.1. The van der Waals surface area contributed by atoms with Gasteiger partial charge < -0.3 is 10.6 Å². The summed E-state index contributed by atoms with van der Waals surface area (Å²) in [6.45, 7) is 6.49. The molecule has 0 spiro atoms. The third kappa shape index (κ3) is 8.62. The first kappa shape index (κ1) is 20.1. The predicted octanol–water partition coefficient (Wildman–Crippen LogP) is 2.64. The van der Waals surface area contributed by atoms with Crippen molar-refractivity contribution in [1.82, 2.24) is 10.2 Å². The Kier molecular flexibility index (Phi) is 8.40. The third-order valence-electron chi connectivity index (χ3n) is 3.52. The number of amides is 2. The average Bonchev–Trinajstić information content (AvgIpc) is 2.44. The van der Waals surface area contributed by atoms with Gasteiger partial charge in [-0.2, -0.15) is 0 Å². The monoisotopic (exact) mass is 337 g/mol. The summed E-state index contributed by atoms with van der Waals surface area (Å²) < 4.78 is 13.1. The molecule has 0 aromatic heterocycles. The number of anilines is 1. The van der Waals surface area contributed by atoms with Crippen molar-refractivity contribution in [3.8, 4) is 0 Å². The van der Waals surface area contributed by atoms with E-state index >= 15 is 0 Å². The van der Waals surface area contributed by atoms with E-state index in [0.29, 0.717) is 11.6 Å². The van der Waals surface area contributed by atoms with Gasteiger partial charge in [0, 0.05) is 11.7 Å². The van der Waals surface area contributed by atoms with Gasteiger partial charge in [-0.1, -0.05) is 19.9 Å². The van der Waals surface area contributed by atoms with Crippen LogP contribution in [0.2, 0.25) is 0 Å². The molecule has 1 aromatic carbocycles. The van der Waals surface area contributed by atoms with Gasteiger partial charge in [0.05, 0.1) is 13.1 Å². The molecule has 0 heterocycles. The fraction of sp³-hybridized carbons (Fsp3) is 0.556. The zero-order valence-corrected chi connectivity index (χ0v) is 14.9. The molecule has 0 saturated carbocycles. The molecule has 24 heavy (non-hydrogen) atoms. The summed E-state index contributed by atoms with van der Waals surface area (Å²) in [5.41, 5.74) is 0.403. The number of carbonyl (C=O) groups excluding carboxylic acids is 2. The molecule has 1 aromatic rings. The van der Waals surface area contributed by atoms with Crippen molar-refractivity contribution in [3.05, 3.63) is 30.1 Å². The quantitative estimate of drug-likeness (QED) is 0.728. The van der Waals surface area contributed by atoms with Gasteiger partial charge in [-0.25, -0.2) is 4.39 Å². The second kappa shape index (κ2) is 10.0. The number of nitrogens with zero attached hydrogens (tertiary/aromatic N) is 1. The SMILES string of the molecule is CC(C)CC[C@H](C)NC(=O)CN(C)CC(=O)Nc1cccc(F)c1. The number of hydrogen-bond acceptors (Lipinski definition) is 3. The van der Waals surface area contributed by atoms with Crippen molar-refractivity contribution in [3.63, 3.8) is 0 Å². The fourth-order valence-electron chi connectivity index (χ4n) is 2.29. The molecule has 0 aliphatic carbocycles. The second-order valence-corrected chi connectivity index (χ2v) is 6.67. The largest absolute Gasteiger partial charge is 0.353 e. The lowest BCUT2D eigenvalue weighted by Crippen LogP contribution is -2.42. The van der Waals surface area contributed by atoms with Gasteiger partial charge in [0.25, 0.3) is 0 Å². The molecule has 6 heteroatoms. The first-order valence-electron chi connectivity index (χ1n) is 8.29. The van der Waals surface area contributed by atoms with E-state index in [1.54, 1.807) is 18.0 Å².